The standard InChI is InChI=1S/C14H10F2N4O/c15-9-4-5-10(17)13(12(9)16)19-14(21)8-7-18-20-6-2-1-3-11(8)20/h1-7H,17H2,(H,19,21). The molecule has 106 valence electrons. The summed E-state index contributed by atoms with van der Waals surface area (Å²) in [6.45, 7) is 0. The predicted molar refractivity (Wildman–Crippen MR) is 73.9 cm³/mol. The molecule has 0 aliphatic carbocycles. The summed E-state index contributed by atoms with van der Waals surface area (Å²) in [4.78, 5) is 12.2. The summed E-state index contributed by atoms with van der Waals surface area (Å²) in [5.41, 5.74) is 5.91. The maximum absolute atomic E-state index is 13.7. The minimum Gasteiger partial charge on any atom is -0.397 e. The Morgan fingerprint density at radius 1 is 1.24 bits per heavy atom. The van der Waals surface area contributed by atoms with Crippen LogP contribution in [0.1, 0.15) is 10.4 Å². The number of anilines is 2. The lowest BCUT2D eigenvalue weighted by Gasteiger charge is -2.09. The van der Waals surface area contributed by atoms with E-state index in [9.17, 15) is 13.6 Å². The van der Waals surface area contributed by atoms with Crippen LogP contribution in [0.15, 0.2) is 42.7 Å². The second-order valence-electron chi connectivity index (χ2n) is 4.37. The van der Waals surface area contributed by atoms with Gasteiger partial charge in [0.1, 0.15) is 5.69 Å². The quantitative estimate of drug-likeness (QED) is 0.711. The molecule has 0 unspecified atom stereocenters. The third-order valence-corrected chi connectivity index (χ3v) is 3.04. The minimum absolute atomic E-state index is 0.0567. The van der Waals surface area contributed by atoms with Crippen LogP contribution in [-0.2, 0) is 0 Å². The van der Waals surface area contributed by atoms with Crippen molar-refractivity contribution in [2.75, 3.05) is 11.1 Å². The Kier molecular flexibility index (Phi) is 3.02. The van der Waals surface area contributed by atoms with Gasteiger partial charge in [-0.15, -0.1) is 0 Å². The monoisotopic (exact) mass is 288 g/mol. The Morgan fingerprint density at radius 2 is 2.05 bits per heavy atom. The molecule has 0 spiro atoms. The van der Waals surface area contributed by atoms with E-state index in [-0.39, 0.29) is 16.9 Å². The molecule has 0 saturated carbocycles. The number of nitrogens with zero attached hydrogens (tertiary/aromatic N) is 2. The van der Waals surface area contributed by atoms with Gasteiger partial charge in [0.2, 0.25) is 0 Å². The number of nitrogens with two attached hydrogens (primary N) is 1. The normalized spacial score (nSPS) is 10.8. The number of benzene rings is 1. The lowest BCUT2D eigenvalue weighted by Crippen LogP contribution is -2.15. The van der Waals surface area contributed by atoms with E-state index in [1.165, 1.54) is 16.8 Å². The zero-order valence-electron chi connectivity index (χ0n) is 10.7. The summed E-state index contributed by atoms with van der Waals surface area (Å²) in [7, 11) is 0. The molecule has 3 rings (SSSR count). The molecule has 0 saturated heterocycles. The first kappa shape index (κ1) is 13.0. The summed E-state index contributed by atoms with van der Waals surface area (Å²) in [6.07, 6.45) is 3.02. The molecular weight excluding hydrogens is 278 g/mol. The molecule has 2 heterocycles. The molecule has 7 heteroatoms. The van der Waals surface area contributed by atoms with Crippen molar-refractivity contribution in [2.24, 2.45) is 0 Å². The number of rotatable bonds is 2. The number of halogens is 2. The maximum atomic E-state index is 13.7. The Morgan fingerprint density at radius 3 is 2.86 bits per heavy atom. The second-order valence-corrected chi connectivity index (χ2v) is 4.37. The number of aromatic nitrogens is 2. The predicted octanol–water partition coefficient (Wildman–Crippen LogP) is 2.45. The number of hydrogen-bond donors (Lipinski definition) is 2. The van der Waals surface area contributed by atoms with Gasteiger partial charge in [0.05, 0.1) is 23.0 Å². The lowest BCUT2D eigenvalue weighted by molar-refractivity contribution is 0.102. The highest BCUT2D eigenvalue weighted by molar-refractivity contribution is 6.09. The molecule has 1 amide bonds. The van der Waals surface area contributed by atoms with Crippen LogP contribution in [0.5, 0.6) is 0 Å². The number of hydrogen-bond acceptors (Lipinski definition) is 3. The molecule has 5 nitrogen and oxygen atoms in total. The summed E-state index contributed by atoms with van der Waals surface area (Å²) < 4.78 is 28.4. The van der Waals surface area contributed by atoms with Gasteiger partial charge in [0, 0.05) is 6.20 Å². The van der Waals surface area contributed by atoms with E-state index in [2.05, 4.69) is 10.4 Å². The van der Waals surface area contributed by atoms with E-state index in [0.717, 1.165) is 6.07 Å². The maximum Gasteiger partial charge on any atom is 0.259 e. The molecule has 0 atom stereocenters. The van der Waals surface area contributed by atoms with Crippen LogP contribution in [0, 0.1) is 11.6 Å². The van der Waals surface area contributed by atoms with Crippen molar-refractivity contribution in [3.8, 4) is 0 Å². The Bertz CT molecular complexity index is 844. The fourth-order valence-electron chi connectivity index (χ4n) is 1.98. The van der Waals surface area contributed by atoms with E-state index < -0.39 is 17.5 Å². The average molecular weight is 288 g/mol. The SMILES string of the molecule is Nc1ccc(F)c(F)c1NC(=O)c1cnn2ccccc12. The Balaban J connectivity index is 1.99. The number of pyridine rings is 1. The number of carbonyl (C=O) groups excluding carboxylic acids is 1. The van der Waals surface area contributed by atoms with Crippen molar-refractivity contribution in [1.82, 2.24) is 9.61 Å². The van der Waals surface area contributed by atoms with Crippen LogP contribution in [0.2, 0.25) is 0 Å². The first-order chi connectivity index (χ1) is 10.1. The molecule has 1 aromatic carbocycles. The summed E-state index contributed by atoms with van der Waals surface area (Å²) in [5, 5.41) is 6.28. The topological polar surface area (TPSA) is 72.4 Å². The Hall–Kier alpha value is -2.96. The van der Waals surface area contributed by atoms with Gasteiger partial charge in [-0.1, -0.05) is 6.07 Å². The molecule has 21 heavy (non-hydrogen) atoms. The molecule has 2 aromatic heterocycles. The average Bonchev–Trinajstić information content (AvgIpc) is 2.91. The zero-order valence-corrected chi connectivity index (χ0v) is 10.7. The zero-order chi connectivity index (χ0) is 15.0. The number of amides is 1. The highest BCUT2D eigenvalue weighted by atomic mass is 19.2. The first-order valence-electron chi connectivity index (χ1n) is 6.05. The lowest BCUT2D eigenvalue weighted by atomic mass is 10.2. The van der Waals surface area contributed by atoms with Crippen molar-refractivity contribution >= 4 is 22.8 Å². The minimum atomic E-state index is -1.19. The van der Waals surface area contributed by atoms with Crippen LogP contribution < -0.4 is 11.1 Å². The van der Waals surface area contributed by atoms with Gasteiger partial charge in [-0.05, 0) is 24.3 Å². The number of carbonyl (C=O) groups is 1. The van der Waals surface area contributed by atoms with Crippen molar-refractivity contribution in [3.63, 3.8) is 0 Å². The van der Waals surface area contributed by atoms with E-state index in [0.29, 0.717) is 5.52 Å². The van der Waals surface area contributed by atoms with Crippen LogP contribution in [0.3, 0.4) is 0 Å². The molecule has 0 radical (unpaired) electrons. The van der Waals surface area contributed by atoms with Crippen LogP contribution in [-0.4, -0.2) is 15.5 Å². The van der Waals surface area contributed by atoms with Gasteiger partial charge >= 0.3 is 0 Å². The largest absolute Gasteiger partial charge is 0.397 e. The van der Waals surface area contributed by atoms with Crippen molar-refractivity contribution in [3.05, 3.63) is 59.9 Å². The van der Waals surface area contributed by atoms with E-state index >= 15 is 0 Å². The third-order valence-electron chi connectivity index (χ3n) is 3.04. The van der Waals surface area contributed by atoms with Gasteiger partial charge in [0.25, 0.3) is 5.91 Å². The third kappa shape index (κ3) is 2.18. The summed E-state index contributed by atoms with van der Waals surface area (Å²) in [5.74, 6) is -2.90. The van der Waals surface area contributed by atoms with E-state index in [1.54, 1.807) is 24.4 Å². The first-order valence-corrected chi connectivity index (χ1v) is 6.05. The molecule has 0 bridgehead atoms. The van der Waals surface area contributed by atoms with Crippen molar-refractivity contribution < 1.29 is 13.6 Å². The van der Waals surface area contributed by atoms with Gasteiger partial charge < -0.3 is 11.1 Å². The molecule has 3 N–H and O–H groups in total. The number of fused-ring (bicyclic) bond motifs is 1. The fourth-order valence-corrected chi connectivity index (χ4v) is 1.98. The highest BCUT2D eigenvalue weighted by Gasteiger charge is 2.18. The summed E-state index contributed by atoms with van der Waals surface area (Å²) >= 11 is 0. The van der Waals surface area contributed by atoms with Gasteiger partial charge in [-0.3, -0.25) is 4.79 Å². The van der Waals surface area contributed by atoms with Crippen LogP contribution >= 0.6 is 0 Å². The molecule has 0 aliphatic heterocycles. The van der Waals surface area contributed by atoms with E-state index in [4.69, 9.17) is 5.73 Å². The fraction of sp³-hybridized carbons (Fsp3) is 0. The molecule has 3 aromatic rings. The second kappa shape index (κ2) is 4.86. The smallest absolute Gasteiger partial charge is 0.259 e. The Labute approximate surface area is 118 Å². The van der Waals surface area contributed by atoms with E-state index in [1.807, 2.05) is 0 Å². The van der Waals surface area contributed by atoms with Gasteiger partial charge in [-0.25, -0.2) is 13.3 Å². The van der Waals surface area contributed by atoms with Crippen LogP contribution in [0.4, 0.5) is 20.2 Å². The molecular formula is C14H10F2N4O. The molecule has 0 fully saturated rings. The molecule has 0 aliphatic rings. The van der Waals surface area contributed by atoms with Crippen molar-refractivity contribution in [2.45, 2.75) is 0 Å². The van der Waals surface area contributed by atoms with Crippen molar-refractivity contribution in [1.29, 1.82) is 0 Å². The number of nitrogens with one attached hydrogen (secondary N) is 1. The van der Waals surface area contributed by atoms with Crippen LogP contribution in [0.25, 0.3) is 5.52 Å². The van der Waals surface area contributed by atoms with Gasteiger partial charge in [-0.2, -0.15) is 5.10 Å². The number of nitrogen functional groups attached to an aromatic ring is 1. The summed E-state index contributed by atoms with van der Waals surface area (Å²) in [6, 6.07) is 7.27. The highest BCUT2D eigenvalue weighted by Crippen LogP contribution is 2.25. The van der Waals surface area contributed by atoms with Gasteiger partial charge in [0.15, 0.2) is 11.6 Å².